The van der Waals surface area contributed by atoms with E-state index < -0.39 is 0 Å². The summed E-state index contributed by atoms with van der Waals surface area (Å²) >= 11 is 7.23. The SMILES string of the molecule is C/C=C/c1ccc2c(c1)c1cc(/C=C/c3ccc4c(c3)N(CC(CC)CCCC)C(=O)/C4=C3/C(=O)N(CC(CC)CCCC)c4cc(C)ccc43)ccc1n2CCCCCCCC.C=Cc1ccc2c(c1)c1cc(C=C)ccc1n2CCCCCCCC.CCCCC(CC)CN1C(=O)/C(=C2/C(=O)N(CC(CC)CCCC)c3cc(Br)ccc32)c2ccc(Br)cc21. The molecule has 4 atom stereocenters. The molecule has 4 aliphatic rings. The summed E-state index contributed by atoms with van der Waals surface area (Å²) in [6.45, 7) is 39.1. The highest BCUT2D eigenvalue weighted by molar-refractivity contribution is 9.10. The first-order valence-corrected chi connectivity index (χ1v) is 50.2. The average Bonchev–Trinajstić information content (AvgIpc) is 1.57. The van der Waals surface area contributed by atoms with Gasteiger partial charge in [-0.2, -0.15) is 0 Å². The third-order valence-corrected chi connectivity index (χ3v) is 28.2. The van der Waals surface area contributed by atoms with Gasteiger partial charge in [0.2, 0.25) is 0 Å². The van der Waals surface area contributed by atoms with Crippen LogP contribution in [0.1, 0.15) is 312 Å². The minimum Gasteiger partial charge on any atom is -0.340 e. The third kappa shape index (κ3) is 22.1. The molecule has 6 heterocycles. The number of hydrogen-bond acceptors (Lipinski definition) is 4. The van der Waals surface area contributed by atoms with Gasteiger partial charge < -0.3 is 28.7 Å². The molecule has 0 aliphatic carbocycles. The number of carbonyl (C=O) groups is 4. The number of aromatic nitrogens is 2. The summed E-state index contributed by atoms with van der Waals surface area (Å²) < 4.78 is 6.89. The largest absolute Gasteiger partial charge is 0.340 e. The van der Waals surface area contributed by atoms with E-state index in [0.29, 0.717) is 72.1 Å². The average molecular weight is 1820 g/mol. The number of allylic oxidation sites excluding steroid dienone is 1. The third-order valence-electron chi connectivity index (χ3n) is 27.2. The summed E-state index contributed by atoms with van der Waals surface area (Å²) in [4.78, 5) is 66.1. The topological polar surface area (TPSA) is 91.1 Å². The van der Waals surface area contributed by atoms with Crippen LogP contribution in [-0.2, 0) is 32.3 Å². The van der Waals surface area contributed by atoms with Gasteiger partial charge in [0.15, 0.2) is 0 Å². The van der Waals surface area contributed by atoms with Gasteiger partial charge in [-0.1, -0.05) is 353 Å². The maximum absolute atomic E-state index is 15.0. The summed E-state index contributed by atoms with van der Waals surface area (Å²) in [6.07, 6.45) is 45.8. The zero-order chi connectivity index (χ0) is 89.5. The molecule has 2 aromatic heterocycles. The Hall–Kier alpha value is -9.36. The lowest BCUT2D eigenvalue weighted by Gasteiger charge is -2.24. The molecule has 10 nitrogen and oxygen atoms in total. The number of nitrogens with zero attached hydrogens (tertiary/aromatic N) is 6. The fourth-order valence-corrected chi connectivity index (χ4v) is 20.3. The van der Waals surface area contributed by atoms with Crippen LogP contribution in [0.15, 0.2) is 174 Å². The maximum Gasteiger partial charge on any atom is 0.259 e. The highest BCUT2D eigenvalue weighted by Crippen LogP contribution is 2.51. The summed E-state index contributed by atoms with van der Waals surface area (Å²) in [5.41, 5.74) is 21.5. The second kappa shape index (κ2) is 46.6. The number of rotatable bonds is 43. The highest BCUT2D eigenvalue weighted by Gasteiger charge is 2.45. The molecule has 8 aromatic carbocycles. The molecule has 10 aromatic rings. The zero-order valence-electron chi connectivity index (χ0n) is 78.2. The van der Waals surface area contributed by atoms with Crippen molar-refractivity contribution in [3.05, 3.63) is 229 Å². The van der Waals surface area contributed by atoms with Gasteiger partial charge in [0.05, 0.1) is 45.0 Å². The van der Waals surface area contributed by atoms with E-state index >= 15 is 4.79 Å². The van der Waals surface area contributed by atoms with Crippen molar-refractivity contribution >= 4 is 175 Å². The van der Waals surface area contributed by atoms with Crippen molar-refractivity contribution in [3.63, 3.8) is 0 Å². The molecule has 126 heavy (non-hydrogen) atoms. The van der Waals surface area contributed by atoms with E-state index in [1.54, 1.807) is 0 Å². The van der Waals surface area contributed by atoms with Crippen LogP contribution in [0.5, 0.6) is 0 Å². The molecule has 12 heteroatoms. The number of aryl methyl sites for hydroxylation is 3. The number of fused-ring (bicyclic) bond motifs is 10. The minimum absolute atomic E-state index is 0.0368. The fourth-order valence-electron chi connectivity index (χ4n) is 19.6. The molecule has 0 saturated heterocycles. The number of unbranched alkanes of at least 4 members (excludes halogenated alkanes) is 14. The van der Waals surface area contributed by atoms with Gasteiger partial charge in [-0.25, -0.2) is 0 Å². The molecular weight excluding hydrogens is 1680 g/mol. The summed E-state index contributed by atoms with van der Waals surface area (Å²) in [7, 11) is 0. The predicted molar refractivity (Wildman–Crippen MR) is 552 cm³/mol. The van der Waals surface area contributed by atoms with Gasteiger partial charge in [-0.05, 0) is 194 Å². The Kier molecular flexibility index (Phi) is 35.4. The molecule has 0 saturated carbocycles. The van der Waals surface area contributed by atoms with E-state index in [2.05, 4.69) is 271 Å². The van der Waals surface area contributed by atoms with E-state index in [1.165, 1.54) is 137 Å². The number of carbonyl (C=O) groups excluding carboxylic acids is 4. The standard InChI is InChI=1S/C58H73N3O2.C32H40Br2N2O2.C24H29N/c1-8-14-17-18-19-20-34-59-51-32-28-44(21-11-4)36-49(51)50-37-45(29-33-52(50)59)25-26-46-27-31-48-54(38-46)61(40-43(13-6)23-16-10-3)58(63)56(48)55-47-30-24-41(7)35-53(47)60(57(55)62)39-42(12-5)22-15-9-2;1-5-9-11-21(7-3)19-35-27-17-23(33)13-15-25(27)29(31(35)37)30-26-16-14-24(34)18-28(26)36(32(30)38)20-22(8-4)12-10-6-2;1-4-7-8-9-10-11-16-25-23-14-12-19(5-2)17-21(23)22-18-20(6-3)13-15-24(22)25/h11,21,24-33,35-38,42-43H,8-10,12-20,22-23,34,39-40H2,1-7H3;13-18,21-22H,5-12,19-20H2,1-4H3;5-6,12-15,17-18H,2-4,7-11,16H2,1H3/b21-11+,26-25+,56-55+;30-29+;. The van der Waals surface area contributed by atoms with Gasteiger partial charge in [0.1, 0.15) is 0 Å². The molecule has 0 radical (unpaired) electrons. The normalized spacial score (nSPS) is 15.8. The quantitative estimate of drug-likeness (QED) is 0.0216. The van der Waals surface area contributed by atoms with Crippen LogP contribution in [0.4, 0.5) is 22.7 Å². The van der Waals surface area contributed by atoms with Crippen molar-refractivity contribution < 1.29 is 19.2 Å². The van der Waals surface area contributed by atoms with Gasteiger partial charge in [-0.15, -0.1) is 0 Å². The van der Waals surface area contributed by atoms with Crippen LogP contribution >= 0.6 is 31.9 Å². The Morgan fingerprint density at radius 3 is 0.921 bits per heavy atom. The Morgan fingerprint density at radius 2 is 0.587 bits per heavy atom. The molecule has 0 fully saturated rings. The van der Waals surface area contributed by atoms with Crippen LogP contribution in [0.3, 0.4) is 0 Å². The van der Waals surface area contributed by atoms with Crippen LogP contribution in [0.25, 0.3) is 96.3 Å². The van der Waals surface area contributed by atoms with E-state index in [0.717, 1.165) is 186 Å². The Labute approximate surface area is 772 Å². The Balaban J connectivity index is 0.000000193. The predicted octanol–water partition coefficient (Wildman–Crippen LogP) is 32.4. The first-order valence-electron chi connectivity index (χ1n) is 48.7. The molecule has 4 unspecified atom stereocenters. The number of benzene rings is 8. The molecule has 0 spiro atoms. The summed E-state index contributed by atoms with van der Waals surface area (Å²) in [5, 5.41) is 5.22. The fraction of sp³-hybridized carbons (Fsp3) is 0.439. The van der Waals surface area contributed by atoms with Gasteiger partial charge in [0, 0.05) is 114 Å². The molecule has 4 amide bonds. The molecular formula is C114H142Br2N6O4. The van der Waals surface area contributed by atoms with E-state index in [4.69, 9.17) is 0 Å². The van der Waals surface area contributed by atoms with Crippen molar-refractivity contribution in [1.82, 2.24) is 9.13 Å². The first kappa shape index (κ1) is 95.7. The number of amides is 4. The van der Waals surface area contributed by atoms with Crippen molar-refractivity contribution in [1.29, 1.82) is 0 Å². The maximum atomic E-state index is 15.0. The lowest BCUT2D eigenvalue weighted by molar-refractivity contribution is -0.114. The number of hydrogen-bond donors (Lipinski definition) is 0. The number of halogens is 2. The lowest BCUT2D eigenvalue weighted by Crippen LogP contribution is -2.34. The lowest BCUT2D eigenvalue weighted by atomic mass is 9.95. The monoisotopic (exact) mass is 1820 g/mol. The second-order valence-electron chi connectivity index (χ2n) is 36.1. The smallest absolute Gasteiger partial charge is 0.259 e. The highest BCUT2D eigenvalue weighted by atomic mass is 79.9. The van der Waals surface area contributed by atoms with Crippen LogP contribution in [0, 0.1) is 30.6 Å². The second-order valence-corrected chi connectivity index (χ2v) is 38.0. The molecule has 4 aliphatic heterocycles. The van der Waals surface area contributed by atoms with E-state index in [1.807, 2.05) is 68.1 Å². The van der Waals surface area contributed by atoms with Crippen molar-refractivity contribution in [2.45, 2.75) is 276 Å². The van der Waals surface area contributed by atoms with Gasteiger partial charge >= 0.3 is 0 Å². The van der Waals surface area contributed by atoms with Crippen molar-refractivity contribution in [3.8, 4) is 0 Å². The number of anilines is 4. The van der Waals surface area contributed by atoms with Crippen molar-refractivity contribution in [2.24, 2.45) is 23.7 Å². The zero-order valence-corrected chi connectivity index (χ0v) is 81.3. The summed E-state index contributed by atoms with van der Waals surface area (Å²) in [6, 6.07) is 51.8. The summed E-state index contributed by atoms with van der Waals surface area (Å²) in [5.74, 6) is 1.46. The van der Waals surface area contributed by atoms with Crippen LogP contribution in [-0.4, -0.2) is 58.9 Å². The molecule has 0 bridgehead atoms. The minimum atomic E-state index is -0.0508. The molecule has 0 N–H and O–H groups in total. The van der Waals surface area contributed by atoms with E-state index in [9.17, 15) is 14.4 Å². The Morgan fingerprint density at radius 1 is 0.310 bits per heavy atom. The van der Waals surface area contributed by atoms with E-state index in [-0.39, 0.29) is 23.6 Å². The van der Waals surface area contributed by atoms with Crippen LogP contribution in [0.2, 0.25) is 0 Å². The Bertz CT molecular complexity index is 5470. The molecule has 14 rings (SSSR count). The van der Waals surface area contributed by atoms with Gasteiger partial charge in [0.25, 0.3) is 23.6 Å². The molecule has 666 valence electrons. The van der Waals surface area contributed by atoms with Crippen molar-refractivity contribution in [2.75, 3.05) is 45.8 Å². The van der Waals surface area contributed by atoms with Gasteiger partial charge in [-0.3, -0.25) is 19.2 Å². The first-order chi connectivity index (χ1) is 61.4. The van der Waals surface area contributed by atoms with Crippen LogP contribution < -0.4 is 19.6 Å².